The summed E-state index contributed by atoms with van der Waals surface area (Å²) in [5, 5.41) is 3.99. The zero-order chi connectivity index (χ0) is 17.3. The van der Waals surface area contributed by atoms with Gasteiger partial charge in [-0.25, -0.2) is 9.18 Å². The van der Waals surface area contributed by atoms with Crippen LogP contribution in [0.2, 0.25) is 0 Å². The molecule has 0 bridgehead atoms. The molecule has 24 heavy (non-hydrogen) atoms. The molecule has 1 aromatic carbocycles. The van der Waals surface area contributed by atoms with Crippen LogP contribution in [0.4, 0.5) is 4.39 Å². The van der Waals surface area contributed by atoms with Gasteiger partial charge in [-0.2, -0.15) is 0 Å². The Bertz CT molecular complexity index is 714. The number of ether oxygens (including phenoxy) is 1. The molecule has 0 unspecified atom stereocenters. The van der Waals surface area contributed by atoms with Crippen molar-refractivity contribution in [2.45, 2.75) is 19.1 Å². The number of halogens is 1. The molecule has 0 saturated carbocycles. The highest BCUT2D eigenvalue weighted by Crippen LogP contribution is 2.26. The number of hydrogen-bond donors (Lipinski definition) is 0. The van der Waals surface area contributed by atoms with Gasteiger partial charge in [0.2, 0.25) is 6.10 Å². The van der Waals surface area contributed by atoms with Gasteiger partial charge in [-0.05, 0) is 17.7 Å². The maximum Gasteiger partial charge on any atom is 0.332 e. The normalized spacial score (nSPS) is 25.4. The van der Waals surface area contributed by atoms with E-state index in [1.807, 2.05) is 6.92 Å². The molecule has 0 saturated heterocycles. The Labute approximate surface area is 138 Å². The standard InChI is InChI=1S/C17H17FN2O4/c1-10-14(11-5-7-12(18)8-6-11)19-24-15(10)16(21)20-9-3-4-13(20)17(22)23-2/h3-8,10,13,15H,9H2,1-2H3/t10-,13+,15+/m1/s1. The number of rotatable bonds is 3. The molecule has 0 aliphatic carbocycles. The van der Waals surface area contributed by atoms with Crippen molar-refractivity contribution >= 4 is 17.6 Å². The molecule has 0 N–H and O–H groups in total. The summed E-state index contributed by atoms with van der Waals surface area (Å²) in [6.07, 6.45) is 2.54. The van der Waals surface area contributed by atoms with Crippen molar-refractivity contribution in [1.82, 2.24) is 4.90 Å². The Balaban J connectivity index is 1.74. The van der Waals surface area contributed by atoms with Gasteiger partial charge in [0, 0.05) is 6.54 Å². The maximum absolute atomic E-state index is 13.0. The van der Waals surface area contributed by atoms with E-state index in [1.165, 1.54) is 24.1 Å². The topological polar surface area (TPSA) is 68.2 Å². The molecule has 0 fully saturated rings. The number of oxime groups is 1. The van der Waals surface area contributed by atoms with Crippen molar-refractivity contribution in [3.63, 3.8) is 0 Å². The van der Waals surface area contributed by atoms with Gasteiger partial charge >= 0.3 is 5.97 Å². The average molecular weight is 332 g/mol. The maximum atomic E-state index is 13.0. The SMILES string of the molecule is COC(=O)[C@@H]1C=CCN1C(=O)[C@H]1ON=C(c2ccc(F)cc2)[C@H]1C. The fourth-order valence-corrected chi connectivity index (χ4v) is 2.86. The van der Waals surface area contributed by atoms with Crippen molar-refractivity contribution in [2.75, 3.05) is 13.7 Å². The van der Waals surface area contributed by atoms with Gasteiger partial charge < -0.3 is 14.5 Å². The van der Waals surface area contributed by atoms with E-state index in [2.05, 4.69) is 5.16 Å². The van der Waals surface area contributed by atoms with Crippen LogP contribution in [0.1, 0.15) is 12.5 Å². The second-order valence-corrected chi connectivity index (χ2v) is 5.68. The van der Waals surface area contributed by atoms with Crippen LogP contribution < -0.4 is 0 Å². The van der Waals surface area contributed by atoms with E-state index < -0.39 is 18.1 Å². The third-order valence-corrected chi connectivity index (χ3v) is 4.22. The first-order valence-electron chi connectivity index (χ1n) is 7.57. The Morgan fingerprint density at radius 1 is 1.33 bits per heavy atom. The Morgan fingerprint density at radius 2 is 2.04 bits per heavy atom. The minimum atomic E-state index is -0.822. The highest BCUT2D eigenvalue weighted by molar-refractivity contribution is 6.06. The second kappa shape index (κ2) is 6.43. The number of amides is 1. The summed E-state index contributed by atoms with van der Waals surface area (Å²) < 4.78 is 17.8. The summed E-state index contributed by atoms with van der Waals surface area (Å²) in [5.41, 5.74) is 1.28. The highest BCUT2D eigenvalue weighted by Gasteiger charge is 2.42. The molecule has 0 spiro atoms. The van der Waals surface area contributed by atoms with Crippen LogP contribution >= 0.6 is 0 Å². The van der Waals surface area contributed by atoms with Crippen LogP contribution in [0.3, 0.4) is 0 Å². The summed E-state index contributed by atoms with van der Waals surface area (Å²) in [4.78, 5) is 31.2. The van der Waals surface area contributed by atoms with E-state index in [0.717, 1.165) is 0 Å². The molecule has 2 aliphatic heterocycles. The lowest BCUT2D eigenvalue weighted by Gasteiger charge is -2.26. The van der Waals surface area contributed by atoms with Crippen molar-refractivity contribution in [1.29, 1.82) is 0 Å². The summed E-state index contributed by atoms with van der Waals surface area (Å²) in [5.74, 6) is -1.49. The molecule has 3 rings (SSSR count). The molecule has 7 heteroatoms. The summed E-state index contributed by atoms with van der Waals surface area (Å²) in [6, 6.07) is 5.10. The zero-order valence-corrected chi connectivity index (χ0v) is 13.3. The van der Waals surface area contributed by atoms with Crippen LogP contribution in [-0.2, 0) is 19.2 Å². The van der Waals surface area contributed by atoms with E-state index in [0.29, 0.717) is 17.8 Å². The Hall–Kier alpha value is -2.70. The van der Waals surface area contributed by atoms with E-state index in [-0.39, 0.29) is 17.6 Å². The van der Waals surface area contributed by atoms with Crippen LogP contribution in [0.5, 0.6) is 0 Å². The molecule has 2 heterocycles. The van der Waals surface area contributed by atoms with Gasteiger partial charge in [0.05, 0.1) is 18.7 Å². The quantitative estimate of drug-likeness (QED) is 0.621. The molecular formula is C17H17FN2O4. The van der Waals surface area contributed by atoms with Crippen molar-refractivity contribution in [2.24, 2.45) is 11.1 Å². The molecule has 1 aromatic rings. The Kier molecular flexibility index (Phi) is 4.33. The minimum Gasteiger partial charge on any atom is -0.467 e. The highest BCUT2D eigenvalue weighted by atomic mass is 19.1. The lowest BCUT2D eigenvalue weighted by atomic mass is 9.93. The number of esters is 1. The minimum absolute atomic E-state index is 0.317. The summed E-state index contributed by atoms with van der Waals surface area (Å²) >= 11 is 0. The fraction of sp³-hybridized carbons (Fsp3) is 0.353. The lowest BCUT2D eigenvalue weighted by Crippen LogP contribution is -2.48. The average Bonchev–Trinajstić information content (AvgIpc) is 3.21. The van der Waals surface area contributed by atoms with E-state index in [1.54, 1.807) is 24.3 Å². The predicted molar refractivity (Wildman–Crippen MR) is 83.6 cm³/mol. The van der Waals surface area contributed by atoms with E-state index >= 15 is 0 Å². The molecule has 0 radical (unpaired) electrons. The first-order valence-corrected chi connectivity index (χ1v) is 7.57. The first kappa shape index (κ1) is 16.2. The Morgan fingerprint density at radius 3 is 2.71 bits per heavy atom. The van der Waals surface area contributed by atoms with Gasteiger partial charge in [0.25, 0.3) is 5.91 Å². The number of hydrogen-bond acceptors (Lipinski definition) is 5. The molecule has 6 nitrogen and oxygen atoms in total. The molecule has 3 atom stereocenters. The molecule has 126 valence electrons. The third kappa shape index (κ3) is 2.77. The molecular weight excluding hydrogens is 315 g/mol. The monoisotopic (exact) mass is 332 g/mol. The smallest absolute Gasteiger partial charge is 0.332 e. The number of carbonyl (C=O) groups is 2. The van der Waals surface area contributed by atoms with Crippen molar-refractivity contribution in [3.05, 3.63) is 47.8 Å². The van der Waals surface area contributed by atoms with Gasteiger partial charge in [-0.1, -0.05) is 36.4 Å². The fourth-order valence-electron chi connectivity index (χ4n) is 2.86. The largest absolute Gasteiger partial charge is 0.467 e. The van der Waals surface area contributed by atoms with Crippen LogP contribution in [0.15, 0.2) is 41.6 Å². The van der Waals surface area contributed by atoms with Crippen LogP contribution in [0.25, 0.3) is 0 Å². The van der Waals surface area contributed by atoms with Crippen LogP contribution in [0, 0.1) is 11.7 Å². The summed E-state index contributed by atoms with van der Waals surface area (Å²) in [7, 11) is 1.28. The molecule has 1 amide bonds. The number of benzene rings is 1. The van der Waals surface area contributed by atoms with Crippen LogP contribution in [-0.4, -0.2) is 48.3 Å². The molecule has 2 aliphatic rings. The number of nitrogens with zero attached hydrogens (tertiary/aromatic N) is 2. The first-order chi connectivity index (χ1) is 11.5. The van der Waals surface area contributed by atoms with Gasteiger partial charge in [-0.3, -0.25) is 4.79 Å². The zero-order valence-electron chi connectivity index (χ0n) is 13.3. The lowest BCUT2D eigenvalue weighted by molar-refractivity contribution is -0.154. The van der Waals surface area contributed by atoms with Gasteiger partial charge in [0.1, 0.15) is 11.9 Å². The van der Waals surface area contributed by atoms with E-state index in [9.17, 15) is 14.0 Å². The summed E-state index contributed by atoms with van der Waals surface area (Å²) in [6.45, 7) is 2.13. The third-order valence-electron chi connectivity index (χ3n) is 4.22. The van der Waals surface area contributed by atoms with Crippen molar-refractivity contribution in [3.8, 4) is 0 Å². The molecule has 0 aromatic heterocycles. The second-order valence-electron chi connectivity index (χ2n) is 5.68. The van der Waals surface area contributed by atoms with E-state index in [4.69, 9.17) is 9.57 Å². The van der Waals surface area contributed by atoms with Crippen molar-refractivity contribution < 1.29 is 23.6 Å². The van der Waals surface area contributed by atoms with Gasteiger partial charge in [-0.15, -0.1) is 0 Å². The predicted octanol–water partition coefficient (Wildman–Crippen LogP) is 1.50. The number of methoxy groups -OCH3 is 1. The number of carbonyl (C=O) groups excluding carboxylic acids is 2. The van der Waals surface area contributed by atoms with Gasteiger partial charge in [0.15, 0.2) is 0 Å².